The summed E-state index contributed by atoms with van der Waals surface area (Å²) in [6, 6.07) is 5.10. The van der Waals surface area contributed by atoms with Gasteiger partial charge in [0.1, 0.15) is 0 Å². The van der Waals surface area contributed by atoms with Gasteiger partial charge in [-0.15, -0.1) is 0 Å². The van der Waals surface area contributed by atoms with Gasteiger partial charge in [0.2, 0.25) is 0 Å². The van der Waals surface area contributed by atoms with Crippen molar-refractivity contribution in [2.24, 2.45) is 0 Å². The van der Waals surface area contributed by atoms with E-state index in [0.717, 1.165) is 11.1 Å². The van der Waals surface area contributed by atoms with Gasteiger partial charge in [-0.25, -0.2) is 0 Å². The van der Waals surface area contributed by atoms with Gasteiger partial charge in [0.25, 0.3) is 0 Å². The Hall–Kier alpha value is -0.990. The molecule has 15 heavy (non-hydrogen) atoms. The van der Waals surface area contributed by atoms with Gasteiger partial charge in [0, 0.05) is 10.0 Å². The molecule has 1 N–H and O–H groups in total. The molecule has 0 radical (unpaired) electrons. The van der Waals surface area contributed by atoms with E-state index in [-0.39, 0.29) is 6.42 Å². The number of hydrogen-bond donors (Lipinski definition) is 1. The first kappa shape index (κ1) is 12.1. The molecule has 4 heteroatoms. The van der Waals surface area contributed by atoms with E-state index in [1.165, 1.54) is 0 Å². The fourth-order valence-corrected chi connectivity index (χ4v) is 1.59. The van der Waals surface area contributed by atoms with Crippen molar-refractivity contribution in [2.75, 3.05) is 0 Å². The number of carboxylic acid groups (broad SMARTS) is 1. The standard InChI is InChI=1S/C11H10Cl2O2/c1-7(2-5-11(14)15)9-6-8(12)3-4-10(9)13/h2-4,6H,5H2,1H3,(H,14,15)/b7-2+. The molecule has 0 bridgehead atoms. The molecule has 0 atom stereocenters. The Bertz CT molecular complexity index is 411. The predicted octanol–water partition coefficient (Wildman–Crippen LogP) is 3.87. The van der Waals surface area contributed by atoms with Crippen molar-refractivity contribution < 1.29 is 9.90 Å². The van der Waals surface area contributed by atoms with Crippen LogP contribution < -0.4 is 0 Å². The van der Waals surface area contributed by atoms with Gasteiger partial charge in [0.15, 0.2) is 0 Å². The van der Waals surface area contributed by atoms with E-state index in [9.17, 15) is 4.79 Å². The lowest BCUT2D eigenvalue weighted by Gasteiger charge is -2.04. The number of halogens is 2. The summed E-state index contributed by atoms with van der Waals surface area (Å²) < 4.78 is 0. The first-order valence-electron chi connectivity index (χ1n) is 4.34. The fraction of sp³-hybridized carbons (Fsp3) is 0.182. The average molecular weight is 245 g/mol. The molecular weight excluding hydrogens is 235 g/mol. The van der Waals surface area contributed by atoms with Crippen LogP contribution in [-0.4, -0.2) is 11.1 Å². The summed E-state index contributed by atoms with van der Waals surface area (Å²) in [5.41, 5.74) is 1.58. The van der Waals surface area contributed by atoms with Gasteiger partial charge in [-0.05, 0) is 36.3 Å². The largest absolute Gasteiger partial charge is 0.481 e. The minimum absolute atomic E-state index is 0.0192. The number of carbonyl (C=O) groups is 1. The summed E-state index contributed by atoms with van der Waals surface area (Å²) in [6.07, 6.45) is 1.59. The van der Waals surface area contributed by atoms with Crippen molar-refractivity contribution in [3.8, 4) is 0 Å². The summed E-state index contributed by atoms with van der Waals surface area (Å²) >= 11 is 11.8. The molecule has 0 amide bonds. The monoisotopic (exact) mass is 244 g/mol. The number of rotatable bonds is 3. The van der Waals surface area contributed by atoms with Crippen molar-refractivity contribution in [2.45, 2.75) is 13.3 Å². The Morgan fingerprint density at radius 3 is 2.73 bits per heavy atom. The molecule has 1 rings (SSSR count). The SMILES string of the molecule is C/C(=C\CC(=O)O)c1cc(Cl)ccc1Cl. The molecule has 0 unspecified atom stereocenters. The Morgan fingerprint density at radius 2 is 2.13 bits per heavy atom. The number of carboxylic acids is 1. The number of aliphatic carboxylic acids is 1. The molecule has 1 aromatic carbocycles. The molecule has 0 aliphatic carbocycles. The summed E-state index contributed by atoms with van der Waals surface area (Å²) in [5.74, 6) is -0.868. The summed E-state index contributed by atoms with van der Waals surface area (Å²) in [6.45, 7) is 1.81. The molecule has 0 aliphatic heterocycles. The lowest BCUT2D eigenvalue weighted by Crippen LogP contribution is -1.91. The van der Waals surface area contributed by atoms with E-state index >= 15 is 0 Å². The molecule has 0 spiro atoms. The van der Waals surface area contributed by atoms with Gasteiger partial charge >= 0.3 is 5.97 Å². The van der Waals surface area contributed by atoms with Crippen molar-refractivity contribution in [1.82, 2.24) is 0 Å². The van der Waals surface area contributed by atoms with E-state index in [4.69, 9.17) is 28.3 Å². The van der Waals surface area contributed by atoms with Gasteiger partial charge in [-0.1, -0.05) is 29.3 Å². The maximum absolute atomic E-state index is 10.4. The smallest absolute Gasteiger partial charge is 0.307 e. The Labute approximate surface area is 98.1 Å². The summed E-state index contributed by atoms with van der Waals surface area (Å²) in [5, 5.41) is 9.68. The zero-order chi connectivity index (χ0) is 11.4. The third kappa shape index (κ3) is 3.57. The molecular formula is C11H10Cl2O2. The minimum atomic E-state index is -0.868. The second-order valence-electron chi connectivity index (χ2n) is 3.11. The number of benzene rings is 1. The van der Waals surface area contributed by atoms with Gasteiger partial charge in [0.05, 0.1) is 6.42 Å². The average Bonchev–Trinajstić information content (AvgIpc) is 2.18. The van der Waals surface area contributed by atoms with Crippen molar-refractivity contribution >= 4 is 34.7 Å². The Morgan fingerprint density at radius 1 is 1.47 bits per heavy atom. The van der Waals surface area contributed by atoms with E-state index in [1.54, 1.807) is 31.2 Å². The molecule has 2 nitrogen and oxygen atoms in total. The topological polar surface area (TPSA) is 37.3 Å². The molecule has 80 valence electrons. The molecule has 0 aliphatic rings. The number of allylic oxidation sites excluding steroid dienone is 1. The van der Waals surface area contributed by atoms with E-state index in [2.05, 4.69) is 0 Å². The van der Waals surface area contributed by atoms with Gasteiger partial charge in [-0.3, -0.25) is 4.79 Å². The van der Waals surface area contributed by atoms with E-state index < -0.39 is 5.97 Å². The van der Waals surface area contributed by atoms with Crippen LogP contribution in [0.4, 0.5) is 0 Å². The highest BCUT2D eigenvalue weighted by molar-refractivity contribution is 6.34. The van der Waals surface area contributed by atoms with Crippen LogP contribution in [0.2, 0.25) is 10.0 Å². The fourth-order valence-electron chi connectivity index (χ4n) is 1.15. The van der Waals surface area contributed by atoms with Crippen LogP contribution in [0.15, 0.2) is 24.3 Å². The molecule has 0 saturated heterocycles. The van der Waals surface area contributed by atoms with Crippen LogP contribution in [0.5, 0.6) is 0 Å². The quantitative estimate of drug-likeness (QED) is 0.877. The van der Waals surface area contributed by atoms with Gasteiger partial charge < -0.3 is 5.11 Å². The lowest BCUT2D eigenvalue weighted by molar-refractivity contribution is -0.135. The van der Waals surface area contributed by atoms with E-state index in [1.807, 2.05) is 0 Å². The maximum Gasteiger partial charge on any atom is 0.307 e. The maximum atomic E-state index is 10.4. The van der Waals surface area contributed by atoms with Crippen LogP contribution in [0.1, 0.15) is 18.9 Å². The molecule has 0 fully saturated rings. The molecule has 1 aromatic rings. The van der Waals surface area contributed by atoms with E-state index in [0.29, 0.717) is 10.0 Å². The first-order valence-corrected chi connectivity index (χ1v) is 5.10. The summed E-state index contributed by atoms with van der Waals surface area (Å²) in [7, 11) is 0. The highest BCUT2D eigenvalue weighted by atomic mass is 35.5. The van der Waals surface area contributed by atoms with Crippen molar-refractivity contribution in [3.05, 3.63) is 39.9 Å². The van der Waals surface area contributed by atoms with Crippen LogP contribution in [0.25, 0.3) is 5.57 Å². The first-order chi connectivity index (χ1) is 7.00. The Kier molecular flexibility index (Phi) is 4.18. The zero-order valence-electron chi connectivity index (χ0n) is 8.13. The molecule has 0 heterocycles. The van der Waals surface area contributed by atoms with Crippen molar-refractivity contribution in [3.63, 3.8) is 0 Å². The second kappa shape index (κ2) is 5.19. The van der Waals surface area contributed by atoms with Crippen LogP contribution in [-0.2, 0) is 4.79 Å². The normalized spacial score (nSPS) is 11.5. The van der Waals surface area contributed by atoms with Crippen LogP contribution >= 0.6 is 23.2 Å². The zero-order valence-corrected chi connectivity index (χ0v) is 9.64. The molecule has 0 aromatic heterocycles. The van der Waals surface area contributed by atoms with Crippen LogP contribution in [0.3, 0.4) is 0 Å². The highest BCUT2D eigenvalue weighted by Gasteiger charge is 2.03. The minimum Gasteiger partial charge on any atom is -0.481 e. The summed E-state index contributed by atoms with van der Waals surface area (Å²) in [4.78, 5) is 10.4. The van der Waals surface area contributed by atoms with Crippen LogP contribution in [0, 0.1) is 0 Å². The predicted molar refractivity (Wildman–Crippen MR) is 62.4 cm³/mol. The third-order valence-electron chi connectivity index (χ3n) is 1.94. The molecule has 0 saturated carbocycles. The second-order valence-corrected chi connectivity index (χ2v) is 3.95. The highest BCUT2D eigenvalue weighted by Crippen LogP contribution is 2.26. The van der Waals surface area contributed by atoms with Gasteiger partial charge in [-0.2, -0.15) is 0 Å². The number of hydrogen-bond acceptors (Lipinski definition) is 1. The Balaban J connectivity index is 2.99. The lowest BCUT2D eigenvalue weighted by atomic mass is 10.1. The third-order valence-corrected chi connectivity index (χ3v) is 2.50. The van der Waals surface area contributed by atoms with Crippen molar-refractivity contribution in [1.29, 1.82) is 0 Å².